The van der Waals surface area contributed by atoms with Crippen molar-refractivity contribution in [2.45, 2.75) is 6.92 Å². The first-order valence-corrected chi connectivity index (χ1v) is 4.06. The van der Waals surface area contributed by atoms with Gasteiger partial charge in [0.15, 0.2) is 0 Å². The Morgan fingerprint density at radius 1 is 1.64 bits per heavy atom. The average molecular weight is 190 g/mol. The molecule has 0 spiro atoms. The molecule has 4 nitrogen and oxygen atoms in total. The van der Waals surface area contributed by atoms with Crippen LogP contribution in [0.2, 0.25) is 0 Å². The van der Waals surface area contributed by atoms with Gasteiger partial charge in [-0.3, -0.25) is 9.78 Å². The zero-order valence-corrected chi connectivity index (χ0v) is 7.74. The molecule has 1 aromatic heterocycles. The van der Waals surface area contributed by atoms with Crippen LogP contribution in [0, 0.1) is 11.8 Å². The van der Waals surface area contributed by atoms with Crippen LogP contribution in [0.15, 0.2) is 18.5 Å². The van der Waals surface area contributed by atoms with Crippen LogP contribution in [-0.2, 0) is 0 Å². The summed E-state index contributed by atoms with van der Waals surface area (Å²) in [5, 5.41) is 11.6. The molecule has 4 heteroatoms. The highest BCUT2D eigenvalue weighted by molar-refractivity contribution is 5.94. The molecule has 0 aliphatic rings. The zero-order valence-electron chi connectivity index (χ0n) is 7.74. The molecule has 1 heterocycles. The highest BCUT2D eigenvalue weighted by atomic mass is 16.3. The summed E-state index contributed by atoms with van der Waals surface area (Å²) < 4.78 is 0. The van der Waals surface area contributed by atoms with Crippen LogP contribution in [0.25, 0.3) is 0 Å². The number of carbonyl (C=O) groups is 1. The van der Waals surface area contributed by atoms with Gasteiger partial charge in [-0.25, -0.2) is 0 Å². The van der Waals surface area contributed by atoms with Crippen molar-refractivity contribution in [1.82, 2.24) is 10.3 Å². The highest BCUT2D eigenvalue weighted by Gasteiger charge is 2.04. The summed E-state index contributed by atoms with van der Waals surface area (Å²) in [6, 6.07) is 1.35. The maximum Gasteiger partial charge on any atom is 0.253 e. The lowest BCUT2D eigenvalue weighted by molar-refractivity contribution is 0.0958. The van der Waals surface area contributed by atoms with E-state index in [9.17, 15) is 4.79 Å². The fraction of sp³-hybridized carbons (Fsp3) is 0.200. The maximum atomic E-state index is 11.3. The number of hydrogen-bond acceptors (Lipinski definition) is 3. The summed E-state index contributed by atoms with van der Waals surface area (Å²) >= 11 is 0. The van der Waals surface area contributed by atoms with Crippen LogP contribution in [0.3, 0.4) is 0 Å². The molecule has 1 rings (SSSR count). The predicted octanol–water partition coefficient (Wildman–Crippen LogP) is 0.540. The Morgan fingerprint density at radius 3 is 3.07 bits per heavy atom. The summed E-state index contributed by atoms with van der Waals surface area (Å²) in [5.41, 5.74) is 0.322. The van der Waals surface area contributed by atoms with Crippen LogP contribution >= 0.6 is 0 Å². The summed E-state index contributed by atoms with van der Waals surface area (Å²) in [4.78, 5) is 15.0. The minimum absolute atomic E-state index is 0.0285. The number of aromatic nitrogens is 1. The molecule has 0 aliphatic heterocycles. The largest absolute Gasteiger partial charge is 0.506 e. The lowest BCUT2D eigenvalue weighted by atomic mass is 10.2. The molecular formula is C10H10N2O2. The smallest absolute Gasteiger partial charge is 0.253 e. The van der Waals surface area contributed by atoms with E-state index in [-0.39, 0.29) is 11.7 Å². The van der Waals surface area contributed by atoms with Crippen molar-refractivity contribution in [2.75, 3.05) is 6.54 Å². The van der Waals surface area contributed by atoms with Gasteiger partial charge in [0.1, 0.15) is 5.75 Å². The van der Waals surface area contributed by atoms with Gasteiger partial charge in [0.05, 0.1) is 18.3 Å². The molecule has 0 radical (unpaired) electrons. The molecule has 0 saturated heterocycles. The normalized spacial score (nSPS) is 8.64. The van der Waals surface area contributed by atoms with Gasteiger partial charge in [-0.1, -0.05) is 5.92 Å². The molecule has 2 N–H and O–H groups in total. The van der Waals surface area contributed by atoms with Crippen molar-refractivity contribution >= 4 is 5.91 Å². The molecular weight excluding hydrogens is 180 g/mol. The first-order chi connectivity index (χ1) is 6.74. The fourth-order valence-electron chi connectivity index (χ4n) is 0.867. The number of nitrogens with zero attached hydrogens (tertiary/aromatic N) is 1. The van der Waals surface area contributed by atoms with Crippen LogP contribution in [0.1, 0.15) is 17.3 Å². The minimum atomic E-state index is -0.295. The van der Waals surface area contributed by atoms with E-state index in [0.29, 0.717) is 12.1 Å². The van der Waals surface area contributed by atoms with Gasteiger partial charge in [-0.15, -0.1) is 5.92 Å². The van der Waals surface area contributed by atoms with Crippen molar-refractivity contribution in [3.63, 3.8) is 0 Å². The van der Waals surface area contributed by atoms with E-state index in [0.717, 1.165) is 0 Å². The Morgan fingerprint density at radius 2 is 2.43 bits per heavy atom. The number of carbonyl (C=O) groups excluding carboxylic acids is 1. The van der Waals surface area contributed by atoms with Gasteiger partial charge in [-0.05, 0) is 13.0 Å². The molecule has 0 unspecified atom stereocenters. The number of amides is 1. The van der Waals surface area contributed by atoms with E-state index in [2.05, 4.69) is 22.1 Å². The first-order valence-electron chi connectivity index (χ1n) is 4.06. The quantitative estimate of drug-likeness (QED) is 0.669. The van der Waals surface area contributed by atoms with Gasteiger partial charge in [0.2, 0.25) is 0 Å². The molecule has 0 aromatic carbocycles. The summed E-state index contributed by atoms with van der Waals surface area (Å²) in [7, 11) is 0. The Kier molecular flexibility index (Phi) is 3.50. The van der Waals surface area contributed by atoms with Crippen LogP contribution in [0.5, 0.6) is 5.75 Å². The monoisotopic (exact) mass is 190 g/mol. The topological polar surface area (TPSA) is 62.2 Å². The second kappa shape index (κ2) is 4.87. The van der Waals surface area contributed by atoms with Crippen molar-refractivity contribution in [2.24, 2.45) is 0 Å². The Labute approximate surface area is 82.0 Å². The minimum Gasteiger partial charge on any atom is -0.506 e. The van der Waals surface area contributed by atoms with Crippen LogP contribution in [-0.4, -0.2) is 22.5 Å². The van der Waals surface area contributed by atoms with Crippen LogP contribution in [0.4, 0.5) is 0 Å². The SMILES string of the molecule is CC#CCNC(=O)c1cncc(O)c1. The molecule has 0 fully saturated rings. The van der Waals surface area contributed by atoms with E-state index < -0.39 is 0 Å². The van der Waals surface area contributed by atoms with Gasteiger partial charge in [-0.2, -0.15) is 0 Å². The predicted molar refractivity (Wildman–Crippen MR) is 51.7 cm³/mol. The Balaban J connectivity index is 2.63. The lowest BCUT2D eigenvalue weighted by Gasteiger charge is -2.00. The Hall–Kier alpha value is -2.02. The van der Waals surface area contributed by atoms with E-state index in [1.54, 1.807) is 6.92 Å². The van der Waals surface area contributed by atoms with Crippen molar-refractivity contribution < 1.29 is 9.90 Å². The molecule has 1 aromatic rings. The van der Waals surface area contributed by atoms with Crippen molar-refractivity contribution in [3.8, 4) is 17.6 Å². The van der Waals surface area contributed by atoms with Crippen LogP contribution < -0.4 is 5.32 Å². The number of hydrogen-bond donors (Lipinski definition) is 2. The number of pyridine rings is 1. The molecule has 72 valence electrons. The van der Waals surface area contributed by atoms with E-state index >= 15 is 0 Å². The van der Waals surface area contributed by atoms with Gasteiger partial charge >= 0.3 is 0 Å². The molecule has 0 saturated carbocycles. The molecule has 0 atom stereocenters. The first kappa shape index (κ1) is 10.1. The number of aromatic hydroxyl groups is 1. The second-order valence-corrected chi connectivity index (χ2v) is 2.54. The van der Waals surface area contributed by atoms with Crippen molar-refractivity contribution in [1.29, 1.82) is 0 Å². The summed E-state index contributed by atoms with van der Waals surface area (Å²) in [6.45, 7) is 1.99. The molecule has 0 aliphatic carbocycles. The van der Waals surface area contributed by atoms with Gasteiger partial charge in [0, 0.05) is 6.20 Å². The standard InChI is InChI=1S/C10H10N2O2/c1-2-3-4-12-10(14)8-5-9(13)7-11-6-8/h5-7,13H,4H2,1H3,(H,12,14). The third kappa shape index (κ3) is 2.79. The maximum absolute atomic E-state index is 11.3. The van der Waals surface area contributed by atoms with Gasteiger partial charge < -0.3 is 10.4 Å². The highest BCUT2D eigenvalue weighted by Crippen LogP contribution is 2.07. The summed E-state index contributed by atoms with van der Waals surface area (Å²) in [6.07, 6.45) is 2.65. The van der Waals surface area contributed by atoms with E-state index in [1.165, 1.54) is 18.5 Å². The molecule has 1 amide bonds. The fourth-order valence-corrected chi connectivity index (χ4v) is 0.867. The van der Waals surface area contributed by atoms with E-state index in [1.807, 2.05) is 0 Å². The average Bonchev–Trinajstić information content (AvgIpc) is 2.18. The third-order valence-corrected chi connectivity index (χ3v) is 1.50. The van der Waals surface area contributed by atoms with Gasteiger partial charge in [0.25, 0.3) is 5.91 Å². The summed E-state index contributed by atoms with van der Waals surface area (Å²) in [5.74, 6) is 5.03. The zero-order chi connectivity index (χ0) is 10.4. The van der Waals surface area contributed by atoms with Crippen molar-refractivity contribution in [3.05, 3.63) is 24.0 Å². The molecule has 14 heavy (non-hydrogen) atoms. The number of rotatable bonds is 2. The third-order valence-electron chi connectivity index (χ3n) is 1.50. The lowest BCUT2D eigenvalue weighted by Crippen LogP contribution is -2.23. The second-order valence-electron chi connectivity index (χ2n) is 2.54. The molecule has 0 bridgehead atoms. The number of nitrogens with one attached hydrogen (secondary N) is 1. The Bertz CT molecular complexity index is 391. The van der Waals surface area contributed by atoms with E-state index in [4.69, 9.17) is 5.11 Å².